The molecule has 4 aromatic rings. The third-order valence-electron chi connectivity index (χ3n) is 3.50. The van der Waals surface area contributed by atoms with Crippen LogP contribution in [0.1, 0.15) is 16.4 Å². The van der Waals surface area contributed by atoms with Crippen molar-refractivity contribution in [3.05, 3.63) is 76.5 Å². The molecule has 24 heavy (non-hydrogen) atoms. The Morgan fingerprint density at radius 3 is 2.58 bits per heavy atom. The van der Waals surface area contributed by atoms with Crippen LogP contribution in [0, 0.1) is 0 Å². The number of nitrogens with zero attached hydrogens (tertiary/aromatic N) is 1. The minimum atomic E-state index is -0.750. The van der Waals surface area contributed by atoms with Crippen LogP contribution in [0.2, 0.25) is 0 Å². The Labute approximate surface area is 135 Å². The van der Waals surface area contributed by atoms with E-state index in [2.05, 4.69) is 4.98 Å². The number of rotatable bonds is 3. The molecule has 4 rings (SSSR count). The first-order chi connectivity index (χ1) is 11.7. The van der Waals surface area contributed by atoms with Gasteiger partial charge in [0.2, 0.25) is 11.7 Å². The van der Waals surface area contributed by atoms with Crippen LogP contribution in [0.5, 0.6) is 0 Å². The summed E-state index contributed by atoms with van der Waals surface area (Å²) in [6, 6.07) is 15.1. The van der Waals surface area contributed by atoms with Gasteiger partial charge in [-0.1, -0.05) is 24.3 Å². The number of hydrogen-bond donors (Lipinski definition) is 0. The largest absolute Gasteiger partial charge is 0.450 e. The van der Waals surface area contributed by atoms with E-state index in [1.54, 1.807) is 36.4 Å². The summed E-state index contributed by atoms with van der Waals surface area (Å²) in [6.07, 6.45) is 0. The lowest BCUT2D eigenvalue weighted by atomic mass is 10.2. The molecule has 0 amide bonds. The summed E-state index contributed by atoms with van der Waals surface area (Å²) in [7, 11) is 0. The Morgan fingerprint density at radius 2 is 1.75 bits per heavy atom. The molecule has 0 aliphatic heterocycles. The van der Waals surface area contributed by atoms with Crippen LogP contribution in [0.25, 0.3) is 22.1 Å². The van der Waals surface area contributed by atoms with Gasteiger partial charge in [0, 0.05) is 6.07 Å². The van der Waals surface area contributed by atoms with E-state index in [1.165, 1.54) is 0 Å². The maximum atomic E-state index is 12.1. The molecular weight excluding hydrogens is 310 g/mol. The third-order valence-corrected chi connectivity index (χ3v) is 3.50. The highest BCUT2D eigenvalue weighted by Crippen LogP contribution is 2.16. The van der Waals surface area contributed by atoms with E-state index in [0.717, 1.165) is 6.07 Å². The molecule has 0 saturated heterocycles. The molecule has 6 nitrogen and oxygen atoms in total. The molecule has 0 bridgehead atoms. The first-order valence-electron chi connectivity index (χ1n) is 7.25. The molecule has 0 atom stereocenters. The van der Waals surface area contributed by atoms with Gasteiger partial charge in [0.15, 0.2) is 17.6 Å². The third kappa shape index (κ3) is 2.54. The molecule has 6 heteroatoms. The maximum absolute atomic E-state index is 12.1. The van der Waals surface area contributed by atoms with Gasteiger partial charge < -0.3 is 13.6 Å². The van der Waals surface area contributed by atoms with Crippen LogP contribution in [0.3, 0.4) is 0 Å². The van der Waals surface area contributed by atoms with Crippen molar-refractivity contribution >= 4 is 28.0 Å². The minimum Gasteiger partial charge on any atom is -0.450 e. The monoisotopic (exact) mass is 321 g/mol. The Morgan fingerprint density at radius 1 is 1.00 bits per heavy atom. The summed E-state index contributed by atoms with van der Waals surface area (Å²) >= 11 is 0. The number of esters is 1. The summed E-state index contributed by atoms with van der Waals surface area (Å²) in [5, 5.41) is 0.410. The standard InChI is InChI=1S/C18H11NO5/c20-13-9-16(23-14-7-3-1-5-11(13)14)18(21)22-10-17-19-12-6-2-4-8-15(12)24-17/h1-9H,10H2. The van der Waals surface area contributed by atoms with Gasteiger partial charge in [-0.25, -0.2) is 9.78 Å². The minimum absolute atomic E-state index is 0.149. The number of hydrogen-bond acceptors (Lipinski definition) is 6. The molecule has 2 aromatic carbocycles. The van der Waals surface area contributed by atoms with E-state index < -0.39 is 5.97 Å². The van der Waals surface area contributed by atoms with Crippen molar-refractivity contribution in [3.8, 4) is 0 Å². The summed E-state index contributed by atoms with van der Waals surface area (Å²) in [5.74, 6) is -0.636. The van der Waals surface area contributed by atoms with Gasteiger partial charge >= 0.3 is 5.97 Å². The molecule has 2 heterocycles. The zero-order valence-corrected chi connectivity index (χ0v) is 12.4. The number of aromatic nitrogens is 1. The average Bonchev–Trinajstić information content (AvgIpc) is 3.02. The van der Waals surface area contributed by atoms with Crippen molar-refractivity contribution in [2.75, 3.05) is 0 Å². The Kier molecular flexibility index (Phi) is 3.35. The average molecular weight is 321 g/mol. The van der Waals surface area contributed by atoms with Crippen LogP contribution in [-0.4, -0.2) is 11.0 Å². The molecule has 0 saturated carbocycles. The lowest BCUT2D eigenvalue weighted by molar-refractivity contribution is 0.0404. The molecule has 0 spiro atoms. The van der Waals surface area contributed by atoms with Crippen molar-refractivity contribution in [1.82, 2.24) is 4.98 Å². The second kappa shape index (κ2) is 5.66. The van der Waals surface area contributed by atoms with Crippen LogP contribution in [0.4, 0.5) is 0 Å². The van der Waals surface area contributed by atoms with Crippen LogP contribution < -0.4 is 5.43 Å². The van der Waals surface area contributed by atoms with Gasteiger partial charge in [-0.2, -0.15) is 0 Å². The van der Waals surface area contributed by atoms with E-state index in [0.29, 0.717) is 22.1 Å². The van der Waals surface area contributed by atoms with Gasteiger partial charge in [-0.05, 0) is 24.3 Å². The van der Waals surface area contributed by atoms with Gasteiger partial charge in [-0.3, -0.25) is 4.79 Å². The zero-order valence-electron chi connectivity index (χ0n) is 12.4. The molecule has 118 valence electrons. The summed E-state index contributed by atoms with van der Waals surface area (Å²) in [6.45, 7) is -0.149. The lowest BCUT2D eigenvalue weighted by Crippen LogP contribution is -2.10. The quantitative estimate of drug-likeness (QED) is 0.538. The van der Waals surface area contributed by atoms with Crippen LogP contribution in [-0.2, 0) is 11.3 Å². The summed E-state index contributed by atoms with van der Waals surface area (Å²) in [4.78, 5) is 28.3. The predicted molar refractivity (Wildman–Crippen MR) is 85.6 cm³/mol. The van der Waals surface area contributed by atoms with E-state index in [1.807, 2.05) is 12.1 Å². The van der Waals surface area contributed by atoms with E-state index >= 15 is 0 Å². The number of fused-ring (bicyclic) bond motifs is 2. The van der Waals surface area contributed by atoms with Crippen molar-refractivity contribution in [3.63, 3.8) is 0 Å². The Hall–Kier alpha value is -3.41. The molecule has 0 fully saturated rings. The topological polar surface area (TPSA) is 82.5 Å². The van der Waals surface area contributed by atoms with Crippen molar-refractivity contribution in [1.29, 1.82) is 0 Å². The van der Waals surface area contributed by atoms with Crippen LogP contribution >= 0.6 is 0 Å². The predicted octanol–water partition coefficient (Wildman–Crippen LogP) is 3.29. The lowest BCUT2D eigenvalue weighted by Gasteiger charge is -2.02. The Bertz CT molecular complexity index is 1080. The molecule has 0 aliphatic rings. The molecule has 0 unspecified atom stereocenters. The van der Waals surface area contributed by atoms with Crippen molar-refractivity contribution in [2.45, 2.75) is 6.61 Å². The second-order valence-corrected chi connectivity index (χ2v) is 5.12. The van der Waals surface area contributed by atoms with E-state index in [-0.39, 0.29) is 23.7 Å². The normalized spacial score (nSPS) is 11.0. The second-order valence-electron chi connectivity index (χ2n) is 5.12. The molecule has 0 radical (unpaired) electrons. The van der Waals surface area contributed by atoms with Crippen molar-refractivity contribution in [2.24, 2.45) is 0 Å². The highest BCUT2D eigenvalue weighted by Gasteiger charge is 2.15. The fourth-order valence-corrected chi connectivity index (χ4v) is 2.38. The van der Waals surface area contributed by atoms with Gasteiger partial charge in [0.25, 0.3) is 0 Å². The number of para-hydroxylation sites is 3. The van der Waals surface area contributed by atoms with Crippen LogP contribution in [0.15, 0.2) is 68.2 Å². The highest BCUT2D eigenvalue weighted by atomic mass is 16.6. The van der Waals surface area contributed by atoms with Crippen molar-refractivity contribution < 1.29 is 18.4 Å². The zero-order chi connectivity index (χ0) is 16.5. The number of carbonyl (C=O) groups excluding carboxylic acids is 1. The van der Waals surface area contributed by atoms with Gasteiger partial charge in [0.05, 0.1) is 5.39 Å². The number of oxazole rings is 1. The maximum Gasteiger partial charge on any atom is 0.374 e. The molecule has 2 aromatic heterocycles. The smallest absolute Gasteiger partial charge is 0.374 e. The summed E-state index contributed by atoms with van der Waals surface area (Å²) in [5.41, 5.74) is 1.33. The number of ether oxygens (including phenoxy) is 1. The molecular formula is C18H11NO5. The van der Waals surface area contributed by atoms with E-state index in [4.69, 9.17) is 13.6 Å². The molecule has 0 aliphatic carbocycles. The SMILES string of the molecule is O=C(OCc1nc2ccccc2o1)c1cc(=O)c2ccccc2o1. The number of carbonyl (C=O) groups is 1. The number of benzene rings is 2. The highest BCUT2D eigenvalue weighted by molar-refractivity contribution is 5.88. The first-order valence-corrected chi connectivity index (χ1v) is 7.25. The van der Waals surface area contributed by atoms with E-state index in [9.17, 15) is 9.59 Å². The van der Waals surface area contributed by atoms with Gasteiger partial charge in [-0.15, -0.1) is 0 Å². The van der Waals surface area contributed by atoms with Gasteiger partial charge in [0.1, 0.15) is 11.1 Å². The molecule has 0 N–H and O–H groups in total. The fraction of sp³-hybridized carbons (Fsp3) is 0.0556. The fourth-order valence-electron chi connectivity index (χ4n) is 2.38. The Balaban J connectivity index is 1.56. The first kappa shape index (κ1) is 14.2. The summed E-state index contributed by atoms with van der Waals surface area (Å²) < 4.78 is 16.0.